The fraction of sp³-hybridized carbons (Fsp3) is 0.417. The number of rotatable bonds is 6. The summed E-state index contributed by atoms with van der Waals surface area (Å²) >= 11 is 6.14. The Hall–Kier alpha value is -2.93. The second-order valence-electron chi connectivity index (χ2n) is 8.19. The second-order valence-corrected chi connectivity index (χ2v) is 8.63. The van der Waals surface area contributed by atoms with Gasteiger partial charge in [-0.15, -0.1) is 0 Å². The molecule has 1 saturated carbocycles. The van der Waals surface area contributed by atoms with Crippen LogP contribution in [-0.2, 0) is 0 Å². The van der Waals surface area contributed by atoms with Crippen molar-refractivity contribution in [2.75, 3.05) is 57.3 Å². The highest BCUT2D eigenvalue weighted by atomic mass is 35.5. The van der Waals surface area contributed by atoms with E-state index in [-0.39, 0.29) is 0 Å². The van der Waals surface area contributed by atoms with Crippen LogP contribution in [-0.4, -0.2) is 57.5 Å². The van der Waals surface area contributed by atoms with Gasteiger partial charge in [-0.05, 0) is 31.0 Å². The largest absolute Gasteiger partial charge is 0.495 e. The zero-order valence-corrected chi connectivity index (χ0v) is 19.4. The average Bonchev–Trinajstić information content (AvgIpc) is 3.68. The van der Waals surface area contributed by atoms with Gasteiger partial charge in [0.1, 0.15) is 17.4 Å². The minimum Gasteiger partial charge on any atom is -0.495 e. The van der Waals surface area contributed by atoms with Crippen molar-refractivity contribution in [2.45, 2.75) is 18.8 Å². The third-order valence-corrected chi connectivity index (χ3v) is 6.44. The van der Waals surface area contributed by atoms with E-state index in [0.717, 1.165) is 73.0 Å². The number of fused-ring (bicyclic) bond motifs is 1. The van der Waals surface area contributed by atoms with Crippen molar-refractivity contribution in [3.05, 3.63) is 41.2 Å². The van der Waals surface area contributed by atoms with Gasteiger partial charge in [-0.1, -0.05) is 11.6 Å². The van der Waals surface area contributed by atoms with E-state index in [1.54, 1.807) is 21.3 Å². The van der Waals surface area contributed by atoms with Crippen molar-refractivity contribution in [3.8, 4) is 17.2 Å². The highest BCUT2D eigenvalue weighted by Crippen LogP contribution is 2.42. The van der Waals surface area contributed by atoms with Crippen LogP contribution in [0.1, 0.15) is 24.6 Å². The van der Waals surface area contributed by atoms with E-state index >= 15 is 0 Å². The Morgan fingerprint density at radius 3 is 2.12 bits per heavy atom. The summed E-state index contributed by atoms with van der Waals surface area (Å²) in [5.74, 6) is 4.54. The maximum atomic E-state index is 6.14. The number of nitrogens with zero attached hydrogens (tertiary/aromatic N) is 4. The molecule has 2 aromatic carbocycles. The molecule has 5 rings (SSSR count). The number of aromatic nitrogens is 2. The van der Waals surface area contributed by atoms with Crippen molar-refractivity contribution in [1.29, 1.82) is 0 Å². The predicted octanol–water partition coefficient (Wildman–Crippen LogP) is 4.51. The Bertz CT molecular complexity index is 1140. The van der Waals surface area contributed by atoms with Crippen LogP contribution < -0.4 is 24.0 Å². The molecule has 0 atom stereocenters. The minimum absolute atomic E-state index is 0.464. The molecule has 2 fully saturated rings. The highest BCUT2D eigenvalue weighted by molar-refractivity contribution is 6.30. The molecule has 32 heavy (non-hydrogen) atoms. The molecule has 1 aromatic heterocycles. The van der Waals surface area contributed by atoms with Gasteiger partial charge in [0.05, 0.1) is 32.5 Å². The number of ether oxygens (including phenoxy) is 3. The smallest absolute Gasteiger partial charge is 0.162 e. The fourth-order valence-electron chi connectivity index (χ4n) is 4.29. The lowest BCUT2D eigenvalue weighted by atomic mass is 10.1. The van der Waals surface area contributed by atoms with Gasteiger partial charge >= 0.3 is 0 Å². The molecule has 0 spiro atoms. The number of halogens is 1. The minimum atomic E-state index is 0.464. The number of anilines is 2. The number of hydrogen-bond donors (Lipinski definition) is 0. The summed E-state index contributed by atoms with van der Waals surface area (Å²) in [7, 11) is 4.98. The van der Waals surface area contributed by atoms with Gasteiger partial charge in [-0.3, -0.25) is 0 Å². The van der Waals surface area contributed by atoms with Crippen LogP contribution >= 0.6 is 11.6 Å². The van der Waals surface area contributed by atoms with Crippen LogP contribution in [0.5, 0.6) is 17.2 Å². The Kier molecular flexibility index (Phi) is 5.59. The molecule has 0 unspecified atom stereocenters. The zero-order chi connectivity index (χ0) is 22.2. The number of hydrogen-bond acceptors (Lipinski definition) is 7. The third kappa shape index (κ3) is 3.86. The molecule has 1 aliphatic heterocycles. The third-order valence-electron chi connectivity index (χ3n) is 6.20. The van der Waals surface area contributed by atoms with Gasteiger partial charge in [0.15, 0.2) is 11.5 Å². The molecule has 0 radical (unpaired) electrons. The SMILES string of the molecule is COc1cc2nc(C3CC3)nc(N3CCN(c4ccc(Cl)cc4OC)CC3)c2cc1OC. The topological polar surface area (TPSA) is 60.0 Å². The maximum absolute atomic E-state index is 6.14. The van der Waals surface area contributed by atoms with Gasteiger partial charge in [-0.25, -0.2) is 9.97 Å². The molecule has 2 aliphatic rings. The van der Waals surface area contributed by atoms with E-state index in [1.165, 1.54) is 0 Å². The van der Waals surface area contributed by atoms with Crippen molar-refractivity contribution >= 4 is 34.0 Å². The molecule has 1 saturated heterocycles. The zero-order valence-electron chi connectivity index (χ0n) is 18.6. The Balaban J connectivity index is 1.47. The fourth-order valence-corrected chi connectivity index (χ4v) is 4.46. The molecule has 0 N–H and O–H groups in total. The summed E-state index contributed by atoms with van der Waals surface area (Å²) in [5.41, 5.74) is 1.96. The van der Waals surface area contributed by atoms with Gasteiger partial charge in [-0.2, -0.15) is 0 Å². The van der Waals surface area contributed by atoms with Crippen molar-refractivity contribution < 1.29 is 14.2 Å². The lowest BCUT2D eigenvalue weighted by Crippen LogP contribution is -2.47. The van der Waals surface area contributed by atoms with E-state index in [2.05, 4.69) is 9.80 Å². The van der Waals surface area contributed by atoms with Gasteiger partial charge in [0, 0.05) is 54.6 Å². The van der Waals surface area contributed by atoms with Gasteiger partial charge < -0.3 is 24.0 Å². The number of methoxy groups -OCH3 is 3. The monoisotopic (exact) mass is 454 g/mol. The van der Waals surface area contributed by atoms with Crippen LogP contribution in [0.2, 0.25) is 5.02 Å². The van der Waals surface area contributed by atoms with E-state index in [1.807, 2.05) is 30.3 Å². The highest BCUT2D eigenvalue weighted by Gasteiger charge is 2.30. The lowest BCUT2D eigenvalue weighted by molar-refractivity contribution is 0.355. The van der Waals surface area contributed by atoms with Crippen LogP contribution in [0, 0.1) is 0 Å². The van der Waals surface area contributed by atoms with Crippen molar-refractivity contribution in [2.24, 2.45) is 0 Å². The quantitative estimate of drug-likeness (QED) is 0.543. The average molecular weight is 455 g/mol. The van der Waals surface area contributed by atoms with E-state index in [4.69, 9.17) is 35.8 Å². The summed E-state index contributed by atoms with van der Waals surface area (Å²) in [6.07, 6.45) is 2.31. The molecule has 7 nitrogen and oxygen atoms in total. The van der Waals surface area contributed by atoms with E-state index in [0.29, 0.717) is 22.4 Å². The second kappa shape index (κ2) is 8.54. The number of piperazine rings is 1. The Labute approximate surface area is 192 Å². The first-order valence-electron chi connectivity index (χ1n) is 10.9. The van der Waals surface area contributed by atoms with Crippen LogP contribution in [0.4, 0.5) is 11.5 Å². The Morgan fingerprint density at radius 2 is 1.47 bits per heavy atom. The van der Waals surface area contributed by atoms with Crippen molar-refractivity contribution in [1.82, 2.24) is 9.97 Å². The molecule has 1 aliphatic carbocycles. The van der Waals surface area contributed by atoms with Crippen molar-refractivity contribution in [3.63, 3.8) is 0 Å². The first-order valence-corrected chi connectivity index (χ1v) is 11.3. The predicted molar refractivity (Wildman–Crippen MR) is 127 cm³/mol. The number of benzene rings is 2. The molecule has 0 bridgehead atoms. The summed E-state index contributed by atoms with van der Waals surface area (Å²) in [6.45, 7) is 3.40. The van der Waals surface area contributed by atoms with Crippen LogP contribution in [0.25, 0.3) is 10.9 Å². The lowest BCUT2D eigenvalue weighted by Gasteiger charge is -2.37. The van der Waals surface area contributed by atoms with Crippen LogP contribution in [0.3, 0.4) is 0 Å². The maximum Gasteiger partial charge on any atom is 0.162 e. The summed E-state index contributed by atoms with van der Waals surface area (Å²) in [4.78, 5) is 14.6. The molecular formula is C24H27ClN4O3. The summed E-state index contributed by atoms with van der Waals surface area (Å²) in [5, 5.41) is 1.67. The first kappa shape index (κ1) is 20.9. The molecular weight excluding hydrogens is 428 g/mol. The normalized spacial score (nSPS) is 16.4. The molecule has 0 amide bonds. The van der Waals surface area contributed by atoms with Gasteiger partial charge in [0.2, 0.25) is 0 Å². The summed E-state index contributed by atoms with van der Waals surface area (Å²) in [6, 6.07) is 9.75. The molecule has 2 heterocycles. The first-order chi connectivity index (χ1) is 15.6. The molecule has 3 aromatic rings. The van der Waals surface area contributed by atoms with Crippen LogP contribution in [0.15, 0.2) is 30.3 Å². The Morgan fingerprint density at radius 1 is 0.812 bits per heavy atom. The van der Waals surface area contributed by atoms with E-state index < -0.39 is 0 Å². The molecule has 168 valence electrons. The van der Waals surface area contributed by atoms with E-state index in [9.17, 15) is 0 Å². The molecule has 8 heteroatoms. The summed E-state index contributed by atoms with van der Waals surface area (Å²) < 4.78 is 16.6. The van der Waals surface area contributed by atoms with Gasteiger partial charge in [0.25, 0.3) is 0 Å². The standard InChI is InChI=1S/C24H27ClN4O3/c1-30-20-12-16(25)6-7-19(20)28-8-10-29(11-9-28)24-17-13-21(31-2)22(32-3)14-18(17)26-23(27-24)15-4-5-15/h6-7,12-15H,4-5,8-11H2,1-3H3.